The van der Waals surface area contributed by atoms with Crippen LogP contribution in [0.5, 0.6) is 0 Å². The Labute approximate surface area is 171 Å². The molecule has 156 valence electrons. The van der Waals surface area contributed by atoms with Crippen molar-refractivity contribution in [3.05, 3.63) is 64.1 Å². The zero-order valence-electron chi connectivity index (χ0n) is 16.7. The molecule has 0 saturated heterocycles. The smallest absolute Gasteiger partial charge is 0.358 e. The number of nitro groups is 1. The fourth-order valence-electron chi connectivity index (χ4n) is 2.78. The number of amides is 2. The predicted octanol–water partition coefficient (Wildman–Crippen LogP) is 2.36. The van der Waals surface area contributed by atoms with Crippen molar-refractivity contribution < 1.29 is 14.5 Å². The van der Waals surface area contributed by atoms with E-state index < -0.39 is 10.8 Å². The first-order valence-corrected chi connectivity index (χ1v) is 9.13. The van der Waals surface area contributed by atoms with Gasteiger partial charge in [0.25, 0.3) is 5.91 Å². The number of nitrogens with zero attached hydrogens (tertiary/aromatic N) is 5. The molecule has 30 heavy (non-hydrogen) atoms. The molecule has 2 aromatic heterocycles. The highest BCUT2D eigenvalue weighted by atomic mass is 16.6. The molecule has 2 heterocycles. The number of benzene rings is 1. The molecule has 0 radical (unpaired) electrons. The number of carbonyl (C=O) groups excluding carboxylic acids is 2. The lowest BCUT2D eigenvalue weighted by atomic mass is 10.1. The Morgan fingerprint density at radius 1 is 1.17 bits per heavy atom. The van der Waals surface area contributed by atoms with Crippen molar-refractivity contribution in [3.63, 3.8) is 0 Å². The first-order chi connectivity index (χ1) is 14.2. The molecule has 0 aliphatic carbocycles. The van der Waals surface area contributed by atoms with Gasteiger partial charge in [-0.25, -0.2) is 0 Å². The Morgan fingerprint density at radius 3 is 2.47 bits per heavy atom. The van der Waals surface area contributed by atoms with Crippen LogP contribution >= 0.6 is 0 Å². The van der Waals surface area contributed by atoms with Crippen LogP contribution in [-0.2, 0) is 18.4 Å². The van der Waals surface area contributed by atoms with E-state index in [1.165, 1.54) is 15.4 Å². The molecular formula is C19H21N7O4. The van der Waals surface area contributed by atoms with Crippen molar-refractivity contribution in [2.75, 3.05) is 10.6 Å². The maximum Gasteiger partial charge on any atom is 0.390 e. The molecule has 3 rings (SSSR count). The van der Waals surface area contributed by atoms with Crippen molar-refractivity contribution in [2.24, 2.45) is 13.0 Å². The lowest BCUT2D eigenvalue weighted by Gasteiger charge is -2.12. The van der Waals surface area contributed by atoms with Crippen molar-refractivity contribution in [1.29, 1.82) is 0 Å². The molecule has 3 aromatic rings. The zero-order chi connectivity index (χ0) is 21.8. The number of aryl methyl sites for hydroxylation is 2. The standard InChI is InChI=1S/C19H21N7O4/c1-12(11-25-13(2)9-17(23-25)26(29)30)18(27)20-14-5-4-6-15(10-14)21-19(28)16-7-8-24(3)22-16/h4-10,12H,11H2,1-3H3,(H,20,27)(H,21,28). The van der Waals surface area contributed by atoms with E-state index >= 15 is 0 Å². The summed E-state index contributed by atoms with van der Waals surface area (Å²) < 4.78 is 2.97. The number of rotatable bonds is 7. The van der Waals surface area contributed by atoms with Crippen LogP contribution in [0.4, 0.5) is 17.2 Å². The number of anilines is 2. The van der Waals surface area contributed by atoms with Gasteiger partial charge in [-0.15, -0.1) is 0 Å². The predicted molar refractivity (Wildman–Crippen MR) is 109 cm³/mol. The molecule has 1 atom stereocenters. The van der Waals surface area contributed by atoms with Gasteiger partial charge >= 0.3 is 5.82 Å². The molecule has 0 aliphatic heterocycles. The van der Waals surface area contributed by atoms with Gasteiger partial charge in [-0.3, -0.25) is 14.3 Å². The van der Waals surface area contributed by atoms with Crippen molar-refractivity contribution in [2.45, 2.75) is 20.4 Å². The van der Waals surface area contributed by atoms with Crippen LogP contribution in [0.25, 0.3) is 0 Å². The van der Waals surface area contributed by atoms with E-state index in [4.69, 9.17) is 0 Å². The molecular weight excluding hydrogens is 390 g/mol. The SMILES string of the molecule is Cc1cc([N+](=O)[O-])nn1CC(C)C(=O)Nc1cccc(NC(=O)c2ccn(C)n2)c1. The van der Waals surface area contributed by atoms with Gasteiger partial charge in [-0.05, 0) is 36.1 Å². The lowest BCUT2D eigenvalue weighted by Crippen LogP contribution is -2.25. The summed E-state index contributed by atoms with van der Waals surface area (Å²) in [6, 6.07) is 9.70. The highest BCUT2D eigenvalue weighted by Crippen LogP contribution is 2.18. The van der Waals surface area contributed by atoms with Gasteiger partial charge in [0, 0.05) is 24.6 Å². The van der Waals surface area contributed by atoms with Gasteiger partial charge in [0.15, 0.2) is 5.69 Å². The van der Waals surface area contributed by atoms with Crippen molar-refractivity contribution >= 4 is 29.0 Å². The van der Waals surface area contributed by atoms with Crippen LogP contribution in [0.1, 0.15) is 23.1 Å². The first kappa shape index (κ1) is 20.7. The summed E-state index contributed by atoms with van der Waals surface area (Å²) in [6.45, 7) is 3.59. The normalized spacial score (nSPS) is 11.7. The third kappa shape index (κ3) is 4.87. The summed E-state index contributed by atoms with van der Waals surface area (Å²) in [5.74, 6) is -1.38. The number of aromatic nitrogens is 4. The van der Waals surface area contributed by atoms with Crippen molar-refractivity contribution in [1.82, 2.24) is 19.6 Å². The van der Waals surface area contributed by atoms with E-state index in [1.807, 2.05) is 0 Å². The van der Waals surface area contributed by atoms with E-state index in [1.54, 1.807) is 57.4 Å². The molecule has 11 heteroatoms. The Bertz CT molecular complexity index is 1100. The third-order valence-electron chi connectivity index (χ3n) is 4.38. The van der Waals surface area contributed by atoms with Crippen LogP contribution < -0.4 is 10.6 Å². The van der Waals surface area contributed by atoms with Crippen LogP contribution in [0.3, 0.4) is 0 Å². The maximum absolute atomic E-state index is 12.5. The fraction of sp³-hybridized carbons (Fsp3) is 0.263. The average Bonchev–Trinajstić information content (AvgIpc) is 3.28. The molecule has 0 fully saturated rings. The van der Waals surface area contributed by atoms with Crippen LogP contribution in [0.15, 0.2) is 42.6 Å². The minimum Gasteiger partial charge on any atom is -0.358 e. The monoisotopic (exact) mass is 411 g/mol. The first-order valence-electron chi connectivity index (χ1n) is 9.13. The molecule has 0 spiro atoms. The number of hydrogen-bond donors (Lipinski definition) is 2. The number of nitrogens with one attached hydrogen (secondary N) is 2. The highest BCUT2D eigenvalue weighted by Gasteiger charge is 2.21. The van der Waals surface area contributed by atoms with Crippen LogP contribution in [0, 0.1) is 23.0 Å². The summed E-state index contributed by atoms with van der Waals surface area (Å²) in [4.78, 5) is 35.0. The Balaban J connectivity index is 1.63. The van der Waals surface area contributed by atoms with Crippen molar-refractivity contribution in [3.8, 4) is 0 Å². The van der Waals surface area contributed by atoms with E-state index in [0.717, 1.165) is 0 Å². The second-order valence-corrected chi connectivity index (χ2v) is 6.88. The van der Waals surface area contributed by atoms with E-state index in [9.17, 15) is 19.7 Å². The Kier molecular flexibility index (Phi) is 5.90. The second kappa shape index (κ2) is 8.55. The topological polar surface area (TPSA) is 137 Å². The minimum atomic E-state index is -0.570. The van der Waals surface area contributed by atoms with Gasteiger partial charge in [-0.1, -0.05) is 13.0 Å². The van der Waals surface area contributed by atoms with Gasteiger partial charge in [-0.2, -0.15) is 9.78 Å². The second-order valence-electron chi connectivity index (χ2n) is 6.88. The molecule has 1 unspecified atom stereocenters. The highest BCUT2D eigenvalue weighted by molar-refractivity contribution is 6.03. The molecule has 0 aliphatic rings. The van der Waals surface area contributed by atoms with E-state index in [0.29, 0.717) is 17.1 Å². The van der Waals surface area contributed by atoms with Crippen LogP contribution in [0.2, 0.25) is 0 Å². The average molecular weight is 411 g/mol. The Hall–Kier alpha value is -4.02. The molecule has 11 nitrogen and oxygen atoms in total. The zero-order valence-corrected chi connectivity index (χ0v) is 16.7. The quantitative estimate of drug-likeness (QED) is 0.452. The van der Waals surface area contributed by atoms with E-state index in [-0.39, 0.29) is 29.9 Å². The molecule has 0 bridgehead atoms. The number of hydrogen-bond acceptors (Lipinski definition) is 6. The lowest BCUT2D eigenvalue weighted by molar-refractivity contribution is -0.389. The van der Waals surface area contributed by atoms with Gasteiger partial charge in [0.2, 0.25) is 5.91 Å². The number of carbonyl (C=O) groups is 2. The van der Waals surface area contributed by atoms with Gasteiger partial charge in [0.05, 0.1) is 29.3 Å². The molecule has 0 saturated carbocycles. The van der Waals surface area contributed by atoms with Crippen LogP contribution in [-0.4, -0.2) is 36.3 Å². The summed E-state index contributed by atoms with van der Waals surface area (Å²) in [6.07, 6.45) is 1.67. The molecule has 1 aromatic carbocycles. The fourth-order valence-corrected chi connectivity index (χ4v) is 2.78. The maximum atomic E-state index is 12.5. The summed E-state index contributed by atoms with van der Waals surface area (Å²) in [5.41, 5.74) is 1.90. The molecule has 2 N–H and O–H groups in total. The Morgan fingerprint density at radius 2 is 1.87 bits per heavy atom. The van der Waals surface area contributed by atoms with Gasteiger partial charge < -0.3 is 20.7 Å². The van der Waals surface area contributed by atoms with Gasteiger partial charge in [0.1, 0.15) is 0 Å². The summed E-state index contributed by atoms with van der Waals surface area (Å²) in [5, 5.41) is 24.3. The minimum absolute atomic E-state index is 0.196. The molecule has 2 amide bonds. The largest absolute Gasteiger partial charge is 0.390 e. The summed E-state index contributed by atoms with van der Waals surface area (Å²) >= 11 is 0. The van der Waals surface area contributed by atoms with E-state index in [2.05, 4.69) is 20.8 Å². The third-order valence-corrected chi connectivity index (χ3v) is 4.38. The summed E-state index contributed by atoms with van der Waals surface area (Å²) in [7, 11) is 1.72.